The quantitative estimate of drug-likeness (QED) is 0.0642. The number of aliphatic hydroxyl groups excluding tert-OH is 1. The zero-order valence-electron chi connectivity index (χ0n) is 77.0. The predicted molar refractivity (Wildman–Crippen MR) is 445 cm³/mol. The van der Waals surface area contributed by atoms with E-state index in [4.69, 9.17) is 33.5 Å². The first-order valence-electron chi connectivity index (χ1n) is 37.0. The van der Waals surface area contributed by atoms with Gasteiger partial charge in [-0.2, -0.15) is 0 Å². The summed E-state index contributed by atoms with van der Waals surface area (Å²) in [5.74, 6) is 2.55. The van der Waals surface area contributed by atoms with Crippen LogP contribution in [-0.4, -0.2) is 286 Å². The van der Waals surface area contributed by atoms with Crippen molar-refractivity contribution < 1.29 is 43.0 Å². The average Bonchev–Trinajstić information content (AvgIpc) is 1.75. The van der Waals surface area contributed by atoms with Gasteiger partial charge in [-0.15, -0.1) is 0 Å². The van der Waals surface area contributed by atoms with Gasteiger partial charge in [-0.1, -0.05) is 111 Å². The molecule has 2 rings (SSSR count). The van der Waals surface area contributed by atoms with Crippen LogP contribution in [0.25, 0.3) is 0 Å². The Morgan fingerprint density at radius 1 is 0.505 bits per heavy atom. The molecule has 2 fully saturated rings. The minimum absolute atomic E-state index is 0.219. The summed E-state index contributed by atoms with van der Waals surface area (Å²) in [5.41, 5.74) is 0.814. The molecule has 0 aromatic carbocycles. The van der Waals surface area contributed by atoms with Gasteiger partial charge in [-0.25, -0.2) is 0 Å². The summed E-state index contributed by atoms with van der Waals surface area (Å²) in [6.45, 7) is 68.9. The second-order valence-corrected chi connectivity index (χ2v) is 28.6. The molecule has 18 nitrogen and oxygen atoms in total. The molecule has 0 aromatic rings. The molecular formula is C79H199N9O9. The summed E-state index contributed by atoms with van der Waals surface area (Å²) >= 11 is 0. The molecule has 18 heteroatoms. The van der Waals surface area contributed by atoms with Gasteiger partial charge >= 0.3 is 0 Å². The number of ether oxygens (including phenoxy) is 8. The van der Waals surface area contributed by atoms with Crippen LogP contribution >= 0.6 is 0 Å². The number of aliphatic hydroxyl groups is 1. The van der Waals surface area contributed by atoms with Gasteiger partial charge in [0.1, 0.15) is 0 Å². The minimum atomic E-state index is 0.219. The molecule has 2 saturated carbocycles. The monoisotopic (exact) mass is 1420 g/mol. The topological polar surface area (TPSA) is 167 Å². The summed E-state index contributed by atoms with van der Waals surface area (Å²) in [5, 5.41) is 23.2. The Morgan fingerprint density at radius 3 is 0.794 bits per heavy atom. The Hall–Kier alpha value is -0.720. The van der Waals surface area contributed by atoms with Crippen LogP contribution in [0.15, 0.2) is 0 Å². The first-order valence-corrected chi connectivity index (χ1v) is 37.0. The van der Waals surface area contributed by atoms with Crippen molar-refractivity contribution in [3.63, 3.8) is 0 Å². The van der Waals surface area contributed by atoms with E-state index < -0.39 is 0 Å². The molecule has 0 bridgehead atoms. The van der Waals surface area contributed by atoms with E-state index in [-0.39, 0.29) is 12.6 Å². The third-order valence-corrected chi connectivity index (χ3v) is 13.3. The van der Waals surface area contributed by atoms with E-state index >= 15 is 0 Å². The zero-order valence-corrected chi connectivity index (χ0v) is 77.0. The van der Waals surface area contributed by atoms with E-state index in [1.54, 1.807) is 56.9 Å². The fourth-order valence-corrected chi connectivity index (χ4v) is 3.16. The fraction of sp³-hybridized carbons (Fsp3) is 1.00. The Bertz CT molecular complexity index is 1060. The first kappa shape index (κ1) is 136. The number of hydrogen-bond acceptors (Lipinski definition) is 18. The molecular weight excluding hydrogens is 1220 g/mol. The molecule has 97 heavy (non-hydrogen) atoms. The minimum Gasteiger partial charge on any atom is -0.395 e. The maximum atomic E-state index is 8.27. The van der Waals surface area contributed by atoms with Crippen LogP contribution in [0, 0.1) is 23.2 Å². The molecule has 0 aromatic heterocycles. The van der Waals surface area contributed by atoms with Gasteiger partial charge in [0.25, 0.3) is 0 Å². The molecule has 1 unspecified atom stereocenters. The number of methoxy groups -OCH3 is 7. The maximum absolute atomic E-state index is 8.27. The van der Waals surface area contributed by atoms with Crippen molar-refractivity contribution in [2.45, 2.75) is 313 Å². The molecule has 0 aliphatic heterocycles. The van der Waals surface area contributed by atoms with Crippen LogP contribution in [0.4, 0.5) is 0 Å². The molecule has 1 atom stereocenters. The highest BCUT2D eigenvalue weighted by Gasteiger charge is 2.36. The van der Waals surface area contributed by atoms with Crippen molar-refractivity contribution in [1.29, 1.82) is 0 Å². The van der Waals surface area contributed by atoms with Gasteiger partial charge in [0.05, 0.1) is 36.6 Å². The largest absolute Gasteiger partial charge is 0.395 e. The summed E-state index contributed by atoms with van der Waals surface area (Å²) in [7, 11) is 41.5. The van der Waals surface area contributed by atoms with Crippen LogP contribution in [0.1, 0.15) is 246 Å². The Morgan fingerprint density at radius 2 is 0.753 bits per heavy atom. The number of rotatable bonds is 21. The van der Waals surface area contributed by atoms with E-state index in [2.05, 4.69) is 245 Å². The van der Waals surface area contributed by atoms with Gasteiger partial charge in [-0.3, -0.25) is 0 Å². The maximum Gasteiger partial charge on any atom is 0.0652 e. The van der Waals surface area contributed by atoms with Crippen molar-refractivity contribution in [2.75, 3.05) is 195 Å². The summed E-state index contributed by atoms with van der Waals surface area (Å²) in [6, 6.07) is 3.51. The lowest BCUT2D eigenvalue weighted by molar-refractivity contribution is -0.0189. The molecule has 0 radical (unpaired) electrons. The van der Waals surface area contributed by atoms with Gasteiger partial charge in [0, 0.05) is 113 Å². The normalized spacial score (nSPS) is 13.4. The summed E-state index contributed by atoms with van der Waals surface area (Å²) in [4.78, 5) is 8.46. The third kappa shape index (κ3) is 236. The standard InChI is InChI=1S/C10H22.C7H14O.2C5H13N.C5H10O.C4H11NO.4C4H11N.4C4H10O.2C3H9N.C3H8O.C2H6O/c1-8(2)7-10(5,6)9(3)4;1-3-8-7-4-6(2)5-7;2*1-5(2)6(3)4;1-5(6-2)3-4-5;1-4(3-6)5-2;1-4-5(2)3;6*1-4(2)5-3;1-3-4-5-2;1-4(2)3;2*1-3-4-2;1-3-2/h8-9H,7H2,1-6H3;6-7H,3-5H2,1-2H3;2*5H,1-4H3;3-4H2,1-2H3;4-6H,3H2,1-2H3;4H2,1-3H3;3*4-5H,1-3H3;3*4H,1-3H3;3-4H2,1-2H3;1-3H3;4H,3H2,1-2H3;3H2,1-2H3;1-2H3. The molecule has 2 aliphatic rings. The number of nitrogens with one attached hydrogen (secondary N) is 5. The lowest BCUT2D eigenvalue weighted by Crippen LogP contribution is -2.29. The average molecular weight is 1420 g/mol. The number of hydrogen-bond donors (Lipinski definition) is 6. The van der Waals surface area contributed by atoms with E-state index in [1.807, 2.05) is 117 Å². The highest BCUT2D eigenvalue weighted by molar-refractivity contribution is 4.89. The molecule has 6 N–H and O–H groups in total. The molecule has 2 aliphatic carbocycles. The van der Waals surface area contributed by atoms with Crippen molar-refractivity contribution in [3.05, 3.63) is 0 Å². The number of nitrogens with zero attached hydrogens (tertiary/aromatic N) is 4. The molecule has 0 amide bonds. The van der Waals surface area contributed by atoms with Crippen molar-refractivity contribution in [3.8, 4) is 0 Å². The summed E-state index contributed by atoms with van der Waals surface area (Å²) < 4.78 is 38.1. The van der Waals surface area contributed by atoms with Crippen LogP contribution in [-0.2, 0) is 37.9 Å². The zero-order chi connectivity index (χ0) is 81.5. The van der Waals surface area contributed by atoms with Crippen LogP contribution in [0.5, 0.6) is 0 Å². The fourth-order valence-electron chi connectivity index (χ4n) is 3.16. The van der Waals surface area contributed by atoms with Gasteiger partial charge in [0.15, 0.2) is 0 Å². The molecule has 614 valence electrons. The molecule has 0 saturated heterocycles. The Balaban J connectivity index is -0.0000000515. The lowest BCUT2D eigenvalue weighted by atomic mass is 9.75. The summed E-state index contributed by atoms with van der Waals surface area (Å²) in [6.07, 6.45) is 9.30. The number of likely N-dealkylation sites (N-methyl/N-ethyl adjacent to an activating group) is 1. The van der Waals surface area contributed by atoms with Gasteiger partial charge in [0.2, 0.25) is 0 Å². The lowest BCUT2D eigenvalue weighted by Gasteiger charge is -2.31. The SMILES string of the molecule is CC(C)CC(C)(C)C(C)C.CC(C)N(C)C.CC(C)N(C)C.CCCOC.CCN(C)C.CCNC.CCOC.CCOC1CC(C)C1.CN(C)C.CNC(C)C.CNC(C)C.CNC(C)C.CNC(C)CO.COC.COC(C)C.COC(C)C.COC(C)C.COC1(C)CC1. The second kappa shape index (κ2) is 111. The van der Waals surface area contributed by atoms with Gasteiger partial charge in [-0.05, 0) is 270 Å². The van der Waals surface area contributed by atoms with Crippen molar-refractivity contribution in [2.24, 2.45) is 23.2 Å². The van der Waals surface area contributed by atoms with Crippen LogP contribution in [0.3, 0.4) is 0 Å². The highest BCUT2D eigenvalue weighted by atomic mass is 16.5. The second-order valence-electron chi connectivity index (χ2n) is 28.6. The molecule has 0 spiro atoms. The Kier molecular flexibility index (Phi) is 155. The van der Waals surface area contributed by atoms with E-state index in [9.17, 15) is 0 Å². The predicted octanol–water partition coefficient (Wildman–Crippen LogP) is 16.1. The van der Waals surface area contributed by atoms with E-state index in [0.29, 0.717) is 65.6 Å². The Labute approximate surface area is 617 Å². The first-order chi connectivity index (χ1) is 44.3. The van der Waals surface area contributed by atoms with Crippen LogP contribution in [0.2, 0.25) is 0 Å². The van der Waals surface area contributed by atoms with Gasteiger partial charge < -0.3 is 89.2 Å². The van der Waals surface area contributed by atoms with Crippen molar-refractivity contribution >= 4 is 0 Å². The smallest absolute Gasteiger partial charge is 0.0652 e. The van der Waals surface area contributed by atoms with Crippen LogP contribution < -0.4 is 26.6 Å². The van der Waals surface area contributed by atoms with Crippen molar-refractivity contribution in [1.82, 2.24) is 46.2 Å². The van der Waals surface area contributed by atoms with E-state index in [1.165, 1.54) is 32.1 Å². The van der Waals surface area contributed by atoms with E-state index in [0.717, 1.165) is 57.1 Å². The highest BCUT2D eigenvalue weighted by Crippen LogP contribution is 2.37. The molecule has 0 heterocycles. The third-order valence-electron chi connectivity index (χ3n) is 13.3.